The van der Waals surface area contributed by atoms with Gasteiger partial charge in [-0.2, -0.15) is 5.26 Å². The number of rotatable bonds is 0. The number of ether oxygens (including phenoxy) is 1. The normalized spacial score (nSPS) is 26.1. The van der Waals surface area contributed by atoms with Gasteiger partial charge in [0.25, 0.3) is 0 Å². The van der Waals surface area contributed by atoms with Crippen molar-refractivity contribution in [3.63, 3.8) is 0 Å². The van der Waals surface area contributed by atoms with Gasteiger partial charge in [-0.3, -0.25) is 0 Å². The van der Waals surface area contributed by atoms with Gasteiger partial charge in [0.05, 0.1) is 12.0 Å². The van der Waals surface area contributed by atoms with Crippen molar-refractivity contribution in [3.05, 3.63) is 0 Å². The van der Waals surface area contributed by atoms with E-state index in [0.717, 1.165) is 6.42 Å². The van der Waals surface area contributed by atoms with Crippen LogP contribution in [0.25, 0.3) is 0 Å². The highest BCUT2D eigenvalue weighted by molar-refractivity contribution is 5.68. The molecule has 1 heterocycles. The molecule has 0 spiro atoms. The standard InChI is InChI=1S/C12H20N2O2/c1-9-5-10(6-13)8-14(7-9)11(15)16-12(2,3)4/h9-10H,5,7-8H2,1-4H3. The number of amides is 1. The number of hydrogen-bond donors (Lipinski definition) is 0. The topological polar surface area (TPSA) is 53.3 Å². The maximum Gasteiger partial charge on any atom is 0.410 e. The molecule has 90 valence electrons. The Labute approximate surface area is 97.2 Å². The zero-order chi connectivity index (χ0) is 12.3. The summed E-state index contributed by atoms with van der Waals surface area (Å²) in [5, 5.41) is 8.91. The summed E-state index contributed by atoms with van der Waals surface area (Å²) in [5.74, 6) is 0.308. The van der Waals surface area contributed by atoms with Gasteiger partial charge in [0, 0.05) is 13.1 Å². The fourth-order valence-corrected chi connectivity index (χ4v) is 1.92. The lowest BCUT2D eigenvalue weighted by molar-refractivity contribution is 0.0140. The second-order valence-corrected chi connectivity index (χ2v) is 5.55. The molecule has 1 aliphatic rings. The second kappa shape index (κ2) is 4.73. The third-order valence-electron chi connectivity index (χ3n) is 2.49. The fraction of sp³-hybridized carbons (Fsp3) is 0.833. The van der Waals surface area contributed by atoms with E-state index >= 15 is 0 Å². The van der Waals surface area contributed by atoms with Crippen molar-refractivity contribution in [2.24, 2.45) is 11.8 Å². The van der Waals surface area contributed by atoms with Crippen LogP contribution in [-0.4, -0.2) is 29.7 Å². The molecule has 0 radical (unpaired) electrons. The van der Waals surface area contributed by atoms with Gasteiger partial charge in [-0.05, 0) is 33.1 Å². The molecule has 16 heavy (non-hydrogen) atoms. The molecule has 1 aliphatic heterocycles. The largest absolute Gasteiger partial charge is 0.444 e. The van der Waals surface area contributed by atoms with Crippen LogP contribution in [0.4, 0.5) is 4.79 Å². The monoisotopic (exact) mass is 224 g/mol. The van der Waals surface area contributed by atoms with Crippen molar-refractivity contribution in [1.29, 1.82) is 5.26 Å². The summed E-state index contributed by atoms with van der Waals surface area (Å²) >= 11 is 0. The number of nitriles is 1. The molecule has 1 saturated heterocycles. The van der Waals surface area contributed by atoms with Crippen molar-refractivity contribution in [3.8, 4) is 6.07 Å². The Morgan fingerprint density at radius 3 is 2.56 bits per heavy atom. The predicted molar refractivity (Wildman–Crippen MR) is 60.7 cm³/mol. The summed E-state index contributed by atoms with van der Waals surface area (Å²) in [5.41, 5.74) is -0.472. The van der Waals surface area contributed by atoms with Gasteiger partial charge in [-0.15, -0.1) is 0 Å². The van der Waals surface area contributed by atoms with Crippen LogP contribution < -0.4 is 0 Å². The van der Waals surface area contributed by atoms with Gasteiger partial charge in [-0.25, -0.2) is 4.79 Å². The number of carbonyl (C=O) groups is 1. The lowest BCUT2D eigenvalue weighted by atomic mass is 9.92. The van der Waals surface area contributed by atoms with Crippen LogP contribution in [0.5, 0.6) is 0 Å². The Bertz CT molecular complexity index is 301. The number of likely N-dealkylation sites (tertiary alicyclic amines) is 1. The molecule has 1 amide bonds. The van der Waals surface area contributed by atoms with Crippen LogP contribution in [0.15, 0.2) is 0 Å². The van der Waals surface area contributed by atoms with Crippen LogP contribution in [0.2, 0.25) is 0 Å². The summed E-state index contributed by atoms with van der Waals surface area (Å²) in [7, 11) is 0. The van der Waals surface area contributed by atoms with Crippen molar-refractivity contribution < 1.29 is 9.53 Å². The predicted octanol–water partition coefficient (Wildman–Crippen LogP) is 2.40. The van der Waals surface area contributed by atoms with E-state index in [0.29, 0.717) is 19.0 Å². The van der Waals surface area contributed by atoms with E-state index in [1.165, 1.54) is 0 Å². The average molecular weight is 224 g/mol. The molecule has 0 aromatic carbocycles. The Morgan fingerprint density at radius 2 is 2.06 bits per heavy atom. The number of piperidine rings is 1. The molecule has 1 fully saturated rings. The molecule has 1 rings (SSSR count). The molecule has 0 bridgehead atoms. The van der Waals surface area contributed by atoms with Crippen molar-refractivity contribution in [2.45, 2.75) is 39.7 Å². The summed E-state index contributed by atoms with van der Waals surface area (Å²) in [6.07, 6.45) is 0.565. The molecule has 0 aromatic heterocycles. The van der Waals surface area contributed by atoms with E-state index in [1.807, 2.05) is 20.8 Å². The van der Waals surface area contributed by atoms with Gasteiger partial charge in [0.1, 0.15) is 5.60 Å². The van der Waals surface area contributed by atoms with E-state index in [2.05, 4.69) is 13.0 Å². The molecule has 4 heteroatoms. The Hall–Kier alpha value is -1.24. The minimum absolute atomic E-state index is 0.0590. The minimum atomic E-state index is -0.472. The third-order valence-corrected chi connectivity index (χ3v) is 2.49. The molecular formula is C12H20N2O2. The van der Waals surface area contributed by atoms with E-state index in [-0.39, 0.29) is 12.0 Å². The van der Waals surface area contributed by atoms with E-state index in [4.69, 9.17) is 10.00 Å². The molecule has 2 unspecified atom stereocenters. The molecule has 0 N–H and O–H groups in total. The molecule has 2 atom stereocenters. The first kappa shape index (κ1) is 12.8. The lowest BCUT2D eigenvalue weighted by Gasteiger charge is -2.34. The van der Waals surface area contributed by atoms with E-state index < -0.39 is 5.60 Å². The number of nitrogens with zero attached hydrogens (tertiary/aromatic N) is 2. The zero-order valence-corrected chi connectivity index (χ0v) is 10.5. The summed E-state index contributed by atoms with van der Waals surface area (Å²) < 4.78 is 5.30. The fourth-order valence-electron chi connectivity index (χ4n) is 1.92. The maximum atomic E-state index is 11.8. The van der Waals surface area contributed by atoms with Crippen LogP contribution >= 0.6 is 0 Å². The third kappa shape index (κ3) is 3.73. The van der Waals surface area contributed by atoms with Crippen molar-refractivity contribution >= 4 is 6.09 Å². The van der Waals surface area contributed by atoms with Crippen LogP contribution in [0, 0.1) is 23.2 Å². The highest BCUT2D eigenvalue weighted by Crippen LogP contribution is 2.22. The Balaban J connectivity index is 2.59. The van der Waals surface area contributed by atoms with Crippen LogP contribution in [0.1, 0.15) is 34.1 Å². The number of carbonyl (C=O) groups excluding carboxylic acids is 1. The van der Waals surface area contributed by atoms with Crippen LogP contribution in [-0.2, 0) is 4.74 Å². The minimum Gasteiger partial charge on any atom is -0.444 e. The zero-order valence-electron chi connectivity index (χ0n) is 10.5. The first-order valence-corrected chi connectivity index (χ1v) is 5.69. The molecule has 4 nitrogen and oxygen atoms in total. The van der Waals surface area contributed by atoms with Gasteiger partial charge < -0.3 is 9.64 Å². The second-order valence-electron chi connectivity index (χ2n) is 5.55. The van der Waals surface area contributed by atoms with E-state index in [1.54, 1.807) is 4.90 Å². The first-order valence-electron chi connectivity index (χ1n) is 5.69. The Kier molecular flexibility index (Phi) is 3.79. The highest BCUT2D eigenvalue weighted by Gasteiger charge is 2.30. The maximum absolute atomic E-state index is 11.8. The SMILES string of the molecule is CC1CC(C#N)CN(C(=O)OC(C)(C)C)C1. The molecule has 0 aromatic rings. The van der Waals surface area contributed by atoms with Gasteiger partial charge in [-0.1, -0.05) is 6.92 Å². The van der Waals surface area contributed by atoms with Gasteiger partial charge >= 0.3 is 6.09 Å². The molecular weight excluding hydrogens is 204 g/mol. The number of hydrogen-bond acceptors (Lipinski definition) is 3. The summed E-state index contributed by atoms with van der Waals surface area (Å²) in [6.45, 7) is 8.78. The van der Waals surface area contributed by atoms with Crippen molar-refractivity contribution in [2.75, 3.05) is 13.1 Å². The van der Waals surface area contributed by atoms with Crippen LogP contribution in [0.3, 0.4) is 0 Å². The Morgan fingerprint density at radius 1 is 1.44 bits per heavy atom. The first-order chi connectivity index (χ1) is 7.31. The van der Waals surface area contributed by atoms with Gasteiger partial charge in [0.15, 0.2) is 0 Å². The highest BCUT2D eigenvalue weighted by atomic mass is 16.6. The average Bonchev–Trinajstić information content (AvgIpc) is 2.14. The lowest BCUT2D eigenvalue weighted by Crippen LogP contribution is -2.45. The van der Waals surface area contributed by atoms with Crippen molar-refractivity contribution in [1.82, 2.24) is 4.90 Å². The smallest absolute Gasteiger partial charge is 0.410 e. The molecule has 0 saturated carbocycles. The van der Waals surface area contributed by atoms with E-state index in [9.17, 15) is 4.79 Å². The quantitative estimate of drug-likeness (QED) is 0.635. The summed E-state index contributed by atoms with van der Waals surface area (Å²) in [6, 6.07) is 2.23. The summed E-state index contributed by atoms with van der Waals surface area (Å²) in [4.78, 5) is 13.5. The molecule has 0 aliphatic carbocycles. The van der Waals surface area contributed by atoms with Gasteiger partial charge in [0.2, 0.25) is 0 Å².